The zero-order chi connectivity index (χ0) is 22.0. The highest BCUT2D eigenvalue weighted by atomic mass is 32.2. The van der Waals surface area contributed by atoms with Crippen molar-refractivity contribution in [3.8, 4) is 12.1 Å². The molecule has 0 aliphatic carbocycles. The van der Waals surface area contributed by atoms with Gasteiger partial charge in [-0.1, -0.05) is 0 Å². The predicted octanol–water partition coefficient (Wildman–Crippen LogP) is 2.97. The van der Waals surface area contributed by atoms with Gasteiger partial charge in [0.2, 0.25) is 15.0 Å². The van der Waals surface area contributed by atoms with Gasteiger partial charge in [0.1, 0.15) is 30.2 Å². The van der Waals surface area contributed by atoms with Crippen molar-refractivity contribution in [2.24, 2.45) is 0 Å². The molecule has 0 atom stereocenters. The lowest BCUT2D eigenvalue weighted by Gasteiger charge is -2.06. The third kappa shape index (κ3) is 6.34. The summed E-state index contributed by atoms with van der Waals surface area (Å²) in [4.78, 5) is 17.0. The number of sulfone groups is 1. The monoisotopic (exact) mass is 450 g/mol. The Kier molecular flexibility index (Phi) is 8.85. The Bertz CT molecular complexity index is 1050. The van der Waals surface area contributed by atoms with Gasteiger partial charge in [-0.2, -0.15) is 10.5 Å². The lowest BCUT2D eigenvalue weighted by atomic mass is 10.4. The van der Waals surface area contributed by atoms with E-state index in [0.29, 0.717) is 4.24 Å². The average Bonchev–Trinajstić information content (AvgIpc) is 3.32. The minimum absolute atomic E-state index is 0.0419. The van der Waals surface area contributed by atoms with Gasteiger partial charge in [-0.3, -0.25) is 0 Å². The molecule has 10 nitrogen and oxygen atoms in total. The summed E-state index contributed by atoms with van der Waals surface area (Å²) in [6.07, 6.45) is 3.12. The topological polar surface area (TPSA) is 135 Å². The minimum Gasteiger partial charge on any atom is -0.462 e. The Morgan fingerprint density at radius 2 is 1.66 bits per heavy atom. The number of nitriles is 2. The lowest BCUT2D eigenvalue weighted by molar-refractivity contribution is -0.138. The van der Waals surface area contributed by atoms with Gasteiger partial charge in [-0.05, 0) is 6.92 Å². The Hall–Kier alpha value is -3.36. The van der Waals surface area contributed by atoms with Gasteiger partial charge in [-0.15, -0.1) is 23.5 Å². The van der Waals surface area contributed by atoms with Crippen molar-refractivity contribution in [3.05, 3.63) is 66.1 Å². The number of esters is 1. The van der Waals surface area contributed by atoms with Gasteiger partial charge in [0.15, 0.2) is 9.84 Å². The van der Waals surface area contributed by atoms with E-state index >= 15 is 0 Å². The highest BCUT2D eigenvalue weighted by Crippen LogP contribution is 2.51. The molecule has 0 aromatic rings. The molecular formula is C16H10N4O6S3. The molecule has 0 unspecified atom stereocenters. The first-order valence-electron chi connectivity index (χ1n) is 7.22. The quantitative estimate of drug-likeness (QED) is 0.273. The minimum atomic E-state index is -3.75. The molecule has 0 N–H and O–H groups in total. The molecule has 0 aromatic carbocycles. The fraction of sp³-hybridized carbons (Fsp3) is 0.188. The molecule has 13 heteroatoms. The van der Waals surface area contributed by atoms with Crippen LogP contribution in [0.25, 0.3) is 9.69 Å². The van der Waals surface area contributed by atoms with Crippen LogP contribution in [-0.4, -0.2) is 27.2 Å². The first-order chi connectivity index (χ1) is 13.7. The number of carbonyl (C=O) groups excluding carboxylic acids is 1. The number of hydrogen-bond donors (Lipinski definition) is 0. The number of rotatable bonds is 3. The van der Waals surface area contributed by atoms with Crippen molar-refractivity contribution in [2.75, 3.05) is 12.9 Å². The largest absolute Gasteiger partial charge is 0.462 e. The van der Waals surface area contributed by atoms with Crippen molar-refractivity contribution in [2.45, 2.75) is 6.92 Å². The standard InChI is InChI=1S/C8N4S2.C8H10O6S/c1-11-6-7(12-2)14-8(13-6)5(3-9)4-10;1-3-12-7(9)6(15(2,10)11)8-13-4-5-14-8/h;4-5H,3H2,1-2H3. The fourth-order valence-electron chi connectivity index (χ4n) is 1.54. The van der Waals surface area contributed by atoms with Crippen molar-refractivity contribution >= 4 is 39.3 Å². The molecule has 0 fully saturated rings. The van der Waals surface area contributed by atoms with E-state index in [1.54, 1.807) is 19.1 Å². The highest BCUT2D eigenvalue weighted by Gasteiger charge is 2.31. The first-order valence-corrected chi connectivity index (χ1v) is 10.7. The lowest BCUT2D eigenvalue weighted by Crippen LogP contribution is -2.18. The van der Waals surface area contributed by atoms with Crippen LogP contribution in [-0.2, 0) is 28.8 Å². The molecule has 2 aliphatic heterocycles. The molecule has 0 spiro atoms. The summed E-state index contributed by atoms with van der Waals surface area (Å²) in [5.74, 6) is -1.37. The molecule has 2 rings (SSSR count). The Morgan fingerprint density at radius 3 is 2.00 bits per heavy atom. The van der Waals surface area contributed by atoms with Crippen molar-refractivity contribution in [3.63, 3.8) is 0 Å². The van der Waals surface area contributed by atoms with Crippen LogP contribution in [0.15, 0.2) is 43.2 Å². The molecule has 0 bridgehead atoms. The van der Waals surface area contributed by atoms with E-state index in [2.05, 4.69) is 14.4 Å². The predicted molar refractivity (Wildman–Crippen MR) is 103 cm³/mol. The third-order valence-electron chi connectivity index (χ3n) is 2.62. The summed E-state index contributed by atoms with van der Waals surface area (Å²) in [6.45, 7) is 15.2. The molecule has 29 heavy (non-hydrogen) atoms. The van der Waals surface area contributed by atoms with Gasteiger partial charge >= 0.3 is 11.9 Å². The number of hydrogen-bond acceptors (Lipinski definition) is 10. The zero-order valence-electron chi connectivity index (χ0n) is 14.8. The van der Waals surface area contributed by atoms with Crippen LogP contribution in [0.5, 0.6) is 0 Å². The van der Waals surface area contributed by atoms with E-state index < -0.39 is 20.7 Å². The molecule has 0 aromatic heterocycles. The summed E-state index contributed by atoms with van der Waals surface area (Å²) >= 11 is 2.02. The van der Waals surface area contributed by atoms with Gasteiger partial charge in [-0.25, -0.2) is 22.9 Å². The number of allylic oxidation sites excluding steroid dienone is 1. The number of carbonyl (C=O) groups is 1. The Labute approximate surface area is 175 Å². The second-order valence-corrected chi connectivity index (χ2v) is 8.75. The highest BCUT2D eigenvalue weighted by molar-refractivity contribution is 8.28. The van der Waals surface area contributed by atoms with Crippen LogP contribution in [0.2, 0.25) is 0 Å². The Morgan fingerprint density at radius 1 is 1.17 bits per heavy atom. The fourth-order valence-corrected chi connectivity index (χ4v) is 4.29. The SMILES string of the molecule is CCOC(=O)C(=C1OC=CO1)S(C)(=O)=O.[C-]#[N+]C1=C([N+]#[C-])SC(=C(C#N)C#N)S1. The molecule has 2 heterocycles. The van der Waals surface area contributed by atoms with Crippen LogP contribution in [0.4, 0.5) is 0 Å². The molecular weight excluding hydrogens is 440 g/mol. The normalized spacial score (nSPS) is 14.1. The van der Waals surface area contributed by atoms with Crippen molar-refractivity contribution < 1.29 is 27.4 Å². The van der Waals surface area contributed by atoms with Gasteiger partial charge in [0, 0.05) is 6.26 Å². The summed E-state index contributed by atoms with van der Waals surface area (Å²) in [7, 11) is -3.75. The first kappa shape index (κ1) is 23.7. The van der Waals surface area contributed by atoms with E-state index in [1.807, 2.05) is 0 Å². The Balaban J connectivity index is 0.000000291. The molecule has 0 saturated carbocycles. The van der Waals surface area contributed by atoms with E-state index in [1.165, 1.54) is 0 Å². The van der Waals surface area contributed by atoms with Crippen LogP contribution in [0.3, 0.4) is 0 Å². The number of thioether (sulfide) groups is 2. The summed E-state index contributed by atoms with van der Waals surface area (Å²) < 4.78 is 37.0. The zero-order valence-corrected chi connectivity index (χ0v) is 17.3. The van der Waals surface area contributed by atoms with Crippen molar-refractivity contribution in [1.29, 1.82) is 10.5 Å². The summed E-state index contributed by atoms with van der Waals surface area (Å²) in [5, 5.41) is 17.6. The van der Waals surface area contributed by atoms with Crippen molar-refractivity contribution in [1.82, 2.24) is 0 Å². The van der Waals surface area contributed by atoms with Gasteiger partial charge in [0.05, 0.1) is 24.0 Å². The summed E-state index contributed by atoms with van der Waals surface area (Å²) in [6, 6.07) is 3.45. The molecule has 0 radical (unpaired) electrons. The maximum atomic E-state index is 11.3. The average molecular weight is 450 g/mol. The number of nitrogens with zero attached hydrogens (tertiary/aromatic N) is 4. The van der Waals surface area contributed by atoms with E-state index in [0.717, 1.165) is 42.3 Å². The second kappa shape index (κ2) is 10.8. The van der Waals surface area contributed by atoms with Crippen LogP contribution < -0.4 is 0 Å². The van der Waals surface area contributed by atoms with Gasteiger partial charge in [0.25, 0.3) is 0 Å². The third-order valence-corrected chi connectivity index (χ3v) is 6.05. The molecule has 2 aliphatic rings. The van der Waals surface area contributed by atoms with Gasteiger partial charge < -0.3 is 14.2 Å². The maximum Gasteiger partial charge on any atom is 0.357 e. The number of ether oxygens (including phenoxy) is 3. The molecule has 0 saturated heterocycles. The van der Waals surface area contributed by atoms with Crippen LogP contribution in [0.1, 0.15) is 6.92 Å². The molecule has 0 amide bonds. The smallest absolute Gasteiger partial charge is 0.357 e. The second-order valence-electron chi connectivity index (χ2n) is 4.54. The molecule has 148 valence electrons. The van der Waals surface area contributed by atoms with E-state index in [9.17, 15) is 13.2 Å². The summed E-state index contributed by atoms with van der Waals surface area (Å²) in [5.41, 5.74) is -0.0419. The van der Waals surface area contributed by atoms with Crippen LogP contribution in [0, 0.1) is 35.8 Å². The van der Waals surface area contributed by atoms with Crippen LogP contribution >= 0.6 is 23.5 Å². The van der Waals surface area contributed by atoms with E-state index in [-0.39, 0.29) is 28.2 Å². The van der Waals surface area contributed by atoms with E-state index in [4.69, 9.17) is 33.1 Å². The maximum absolute atomic E-state index is 11.3.